The Balaban J connectivity index is 2.68. The van der Waals surface area contributed by atoms with E-state index in [0.717, 1.165) is 0 Å². The minimum atomic E-state index is -0.786. The van der Waals surface area contributed by atoms with Crippen molar-refractivity contribution in [2.24, 2.45) is 0 Å². The molecule has 0 radical (unpaired) electrons. The van der Waals surface area contributed by atoms with Crippen LogP contribution in [0.4, 0.5) is 0 Å². The molecule has 0 saturated carbocycles. The van der Waals surface area contributed by atoms with Gasteiger partial charge in [-0.25, -0.2) is 0 Å². The van der Waals surface area contributed by atoms with Crippen molar-refractivity contribution in [3.8, 4) is 0 Å². The first-order valence-electron chi connectivity index (χ1n) is 2.50. The van der Waals surface area contributed by atoms with Crippen LogP contribution in [-0.2, 0) is 4.12 Å². The van der Waals surface area contributed by atoms with Gasteiger partial charge >= 0.3 is 0 Å². The molecule has 0 aromatic heterocycles. The molecule has 0 spiro atoms. The zero-order valence-electron chi connectivity index (χ0n) is 4.85. The predicted molar refractivity (Wildman–Crippen MR) is 35.6 cm³/mol. The predicted octanol–water partition coefficient (Wildman–Crippen LogP) is -0.980. The largest absolute Gasteiger partial charge is 0.461 e. The Labute approximate surface area is 48.2 Å². The molecule has 0 rings (SSSR count). The van der Waals surface area contributed by atoms with Gasteiger partial charge < -0.3 is 9.22 Å². The lowest BCUT2D eigenvalue weighted by molar-refractivity contribution is 0.351. The second-order valence-electron chi connectivity index (χ2n) is 1.64. The lowest BCUT2D eigenvalue weighted by Crippen LogP contribution is -2.14. The summed E-state index contributed by atoms with van der Waals surface area (Å²) in [7, 11) is -1.29. The Morgan fingerprint density at radius 1 is 1.71 bits per heavy atom. The molecule has 0 aromatic carbocycles. The van der Waals surface area contributed by atoms with Crippen LogP contribution in [0.25, 0.3) is 0 Å². The van der Waals surface area contributed by atoms with Crippen LogP contribution in [0, 0.1) is 0 Å². The minimum Gasteiger partial charge on any atom is -0.461 e. The molecule has 0 aliphatic heterocycles. The average Bonchev–Trinajstić information content (AvgIpc) is 1.61. The maximum absolute atomic E-state index is 8.27. The van der Waals surface area contributed by atoms with E-state index in [1.165, 1.54) is 0 Å². The summed E-state index contributed by atoms with van der Waals surface area (Å²) >= 11 is 0. The van der Waals surface area contributed by atoms with Crippen LogP contribution in [-0.4, -0.2) is 30.1 Å². The van der Waals surface area contributed by atoms with E-state index in [2.05, 4.69) is 13.1 Å². The zero-order chi connectivity index (χ0) is 5.70. The van der Waals surface area contributed by atoms with Gasteiger partial charge in [0.2, 0.25) is 0 Å². The average molecular weight is 136 g/mol. The summed E-state index contributed by atoms with van der Waals surface area (Å²) < 4.78 is 5.22. The van der Waals surface area contributed by atoms with Gasteiger partial charge in [-0.05, 0) is 13.1 Å². The van der Waals surface area contributed by atoms with Gasteiger partial charge in [0.1, 0.15) is 0 Å². The summed E-state index contributed by atoms with van der Waals surface area (Å²) in [4.78, 5) is 0. The highest BCUT2D eigenvalue weighted by Crippen LogP contribution is 1.77. The van der Waals surface area contributed by atoms with Crippen LogP contribution in [0.5, 0.6) is 0 Å². The summed E-state index contributed by atoms with van der Waals surface area (Å²) in [5.41, 5.74) is 0. The third kappa shape index (κ3) is 6.35. The van der Waals surface area contributed by atoms with Crippen molar-refractivity contribution in [2.75, 3.05) is 6.23 Å². The third-order valence-electron chi connectivity index (χ3n) is 0.542. The second-order valence-corrected chi connectivity index (χ2v) is 5.93. The van der Waals surface area contributed by atoms with Gasteiger partial charge in [-0.15, -0.1) is 0 Å². The number of rotatable bonds is 3. The quantitative estimate of drug-likeness (QED) is 0.505. The van der Waals surface area contributed by atoms with Crippen LogP contribution < -0.4 is 0 Å². The molecule has 2 nitrogen and oxygen atoms in total. The molecule has 0 aliphatic carbocycles. The molecule has 0 fully saturated rings. The van der Waals surface area contributed by atoms with E-state index in [1.807, 2.05) is 0 Å². The second kappa shape index (κ2) is 4.51. The molecule has 4 heteroatoms. The summed E-state index contributed by atoms with van der Waals surface area (Å²) in [6.07, 6.45) is 0.297. The highest BCUT2D eigenvalue weighted by Gasteiger charge is 1.91. The first kappa shape index (κ1) is 7.35. The monoisotopic (exact) mass is 136 g/mol. The molecular weight excluding hydrogens is 124 g/mol. The van der Waals surface area contributed by atoms with Gasteiger partial charge in [-0.2, -0.15) is 0 Å². The highest BCUT2D eigenvalue weighted by molar-refractivity contribution is 6.55. The van der Waals surface area contributed by atoms with Gasteiger partial charge in [0.25, 0.3) is 0 Å². The third-order valence-corrected chi connectivity index (χ3v) is 4.33. The molecule has 1 N–H and O–H groups in total. The van der Waals surface area contributed by atoms with Crippen molar-refractivity contribution in [3.63, 3.8) is 0 Å². The van der Waals surface area contributed by atoms with Crippen LogP contribution in [0.3, 0.4) is 0 Å². The minimum absolute atomic E-state index is 0.297. The summed E-state index contributed by atoms with van der Waals surface area (Å²) in [5.74, 6) is 0. The standard InChI is InChI=1S/C3H12O2Si2/c1-7(2)5-6-3-4/h4,7H,3,6H2,1-2H3. The van der Waals surface area contributed by atoms with E-state index in [4.69, 9.17) is 9.22 Å². The fourth-order valence-corrected chi connectivity index (χ4v) is 2.60. The topological polar surface area (TPSA) is 29.5 Å². The molecule has 0 aromatic rings. The van der Waals surface area contributed by atoms with E-state index in [1.54, 1.807) is 0 Å². The molecule has 7 heavy (non-hydrogen) atoms. The van der Waals surface area contributed by atoms with Gasteiger partial charge in [0.15, 0.2) is 18.8 Å². The fraction of sp³-hybridized carbons (Fsp3) is 1.00. The van der Waals surface area contributed by atoms with Gasteiger partial charge in [-0.1, -0.05) is 0 Å². The Bertz CT molecular complexity index is 39.9. The van der Waals surface area contributed by atoms with E-state index < -0.39 is 18.8 Å². The van der Waals surface area contributed by atoms with Gasteiger partial charge in [0.05, 0.1) is 6.23 Å². The van der Waals surface area contributed by atoms with Crippen molar-refractivity contribution in [1.82, 2.24) is 0 Å². The number of hydrogen-bond donors (Lipinski definition) is 1. The van der Waals surface area contributed by atoms with E-state index in [9.17, 15) is 0 Å². The molecule has 0 saturated heterocycles. The van der Waals surface area contributed by atoms with Crippen molar-refractivity contribution >= 4 is 18.8 Å². The number of aliphatic hydroxyl groups is 1. The Morgan fingerprint density at radius 2 is 2.29 bits per heavy atom. The zero-order valence-corrected chi connectivity index (χ0v) is 7.42. The van der Waals surface area contributed by atoms with Gasteiger partial charge in [0, 0.05) is 0 Å². The summed E-state index contributed by atoms with van der Waals surface area (Å²) in [6.45, 7) is 4.23. The lowest BCUT2D eigenvalue weighted by Gasteiger charge is -2.01. The molecule has 0 amide bonds. The summed E-state index contributed by atoms with van der Waals surface area (Å²) in [5, 5.41) is 8.27. The van der Waals surface area contributed by atoms with Crippen LogP contribution >= 0.6 is 0 Å². The maximum Gasteiger partial charge on any atom is 0.171 e. The highest BCUT2D eigenvalue weighted by atomic mass is 28.3. The van der Waals surface area contributed by atoms with Crippen molar-refractivity contribution in [2.45, 2.75) is 13.1 Å². The molecule has 0 unspecified atom stereocenters. The number of hydrogen-bond acceptors (Lipinski definition) is 2. The Morgan fingerprint density at radius 3 is 2.43 bits per heavy atom. The first-order chi connectivity index (χ1) is 3.27. The van der Waals surface area contributed by atoms with E-state index in [0.29, 0.717) is 6.23 Å². The SMILES string of the molecule is C[SiH](C)O[SiH2]CO. The Kier molecular flexibility index (Phi) is 4.74. The van der Waals surface area contributed by atoms with Crippen LogP contribution in [0.15, 0.2) is 0 Å². The smallest absolute Gasteiger partial charge is 0.171 e. The Hall–Kier alpha value is 0.354. The molecule has 0 bridgehead atoms. The molecule has 44 valence electrons. The van der Waals surface area contributed by atoms with Gasteiger partial charge in [-0.3, -0.25) is 0 Å². The van der Waals surface area contributed by atoms with E-state index in [-0.39, 0.29) is 0 Å². The van der Waals surface area contributed by atoms with Crippen molar-refractivity contribution in [1.29, 1.82) is 0 Å². The molecule has 0 heterocycles. The normalized spacial score (nSPS) is 12.0. The van der Waals surface area contributed by atoms with Crippen molar-refractivity contribution in [3.05, 3.63) is 0 Å². The van der Waals surface area contributed by atoms with Crippen LogP contribution in [0.2, 0.25) is 13.1 Å². The first-order valence-corrected chi connectivity index (χ1v) is 6.85. The lowest BCUT2D eigenvalue weighted by atomic mass is 11.7. The molecule has 0 aliphatic rings. The summed E-state index contributed by atoms with van der Waals surface area (Å²) in [6, 6.07) is 0. The molecule has 0 atom stereocenters. The molecular formula is C3H12O2Si2. The van der Waals surface area contributed by atoms with Crippen molar-refractivity contribution < 1.29 is 9.22 Å². The maximum atomic E-state index is 8.27. The number of aliphatic hydroxyl groups excluding tert-OH is 1. The van der Waals surface area contributed by atoms with Crippen LogP contribution in [0.1, 0.15) is 0 Å². The van der Waals surface area contributed by atoms with E-state index >= 15 is 0 Å². The fourth-order valence-electron chi connectivity index (χ4n) is 0.288.